The highest BCUT2D eigenvalue weighted by molar-refractivity contribution is 5.45. The molecule has 0 aromatic carbocycles. The van der Waals surface area contributed by atoms with Crippen LogP contribution in [0.25, 0.3) is 0 Å². The van der Waals surface area contributed by atoms with Gasteiger partial charge in [0.2, 0.25) is 0 Å². The summed E-state index contributed by atoms with van der Waals surface area (Å²) < 4.78 is 38.5. The molecule has 1 N–H and O–H groups in total. The molecule has 0 radical (unpaired) electrons. The highest BCUT2D eigenvalue weighted by Gasteiger charge is 2.43. The van der Waals surface area contributed by atoms with Gasteiger partial charge in [0.1, 0.15) is 5.82 Å². The number of nitrogens with one attached hydrogen (secondary N) is 1. The molecule has 3 nitrogen and oxygen atoms in total. The standard InChI is InChI=1S/C15H20F3N3/c1-11-9-14(3-6-19-7-4-14)10-21(11)13-8-12(2-5-20-13)15(16,17)18/h2,5,8,11,19H,3-4,6-7,9-10H2,1H3. The summed E-state index contributed by atoms with van der Waals surface area (Å²) in [5.74, 6) is 0.452. The van der Waals surface area contributed by atoms with Crippen molar-refractivity contribution >= 4 is 5.82 Å². The molecule has 3 rings (SSSR count). The van der Waals surface area contributed by atoms with Crippen LogP contribution in [0.4, 0.5) is 19.0 Å². The van der Waals surface area contributed by atoms with E-state index in [1.54, 1.807) is 0 Å². The fourth-order valence-corrected chi connectivity index (χ4v) is 3.70. The van der Waals surface area contributed by atoms with Crippen molar-refractivity contribution in [1.29, 1.82) is 0 Å². The Hall–Kier alpha value is -1.30. The fraction of sp³-hybridized carbons (Fsp3) is 0.667. The van der Waals surface area contributed by atoms with Gasteiger partial charge in [-0.15, -0.1) is 0 Å². The van der Waals surface area contributed by atoms with Crippen LogP contribution < -0.4 is 10.2 Å². The van der Waals surface area contributed by atoms with Gasteiger partial charge in [0.25, 0.3) is 0 Å². The lowest BCUT2D eigenvalue weighted by atomic mass is 9.77. The quantitative estimate of drug-likeness (QED) is 0.864. The highest BCUT2D eigenvalue weighted by Crippen LogP contribution is 2.43. The zero-order valence-corrected chi connectivity index (χ0v) is 12.1. The predicted molar refractivity (Wildman–Crippen MR) is 75.2 cm³/mol. The average molecular weight is 299 g/mol. The van der Waals surface area contributed by atoms with E-state index in [4.69, 9.17) is 0 Å². The van der Waals surface area contributed by atoms with Gasteiger partial charge in [0, 0.05) is 18.8 Å². The van der Waals surface area contributed by atoms with Gasteiger partial charge >= 0.3 is 6.18 Å². The van der Waals surface area contributed by atoms with Crippen LogP contribution in [0.2, 0.25) is 0 Å². The number of hydrogen-bond acceptors (Lipinski definition) is 3. The summed E-state index contributed by atoms with van der Waals surface area (Å²) in [5.41, 5.74) is -0.383. The zero-order chi connectivity index (χ0) is 15.1. The van der Waals surface area contributed by atoms with E-state index in [1.807, 2.05) is 4.90 Å². The molecule has 2 aliphatic rings. The number of rotatable bonds is 1. The topological polar surface area (TPSA) is 28.2 Å². The first-order valence-electron chi connectivity index (χ1n) is 7.40. The molecular weight excluding hydrogens is 279 g/mol. The van der Waals surface area contributed by atoms with Crippen LogP contribution in [-0.4, -0.2) is 30.7 Å². The number of nitrogens with zero attached hydrogens (tertiary/aromatic N) is 2. The lowest BCUT2D eigenvalue weighted by Crippen LogP contribution is -2.38. The van der Waals surface area contributed by atoms with Gasteiger partial charge < -0.3 is 10.2 Å². The zero-order valence-electron chi connectivity index (χ0n) is 12.1. The molecule has 1 atom stereocenters. The largest absolute Gasteiger partial charge is 0.416 e. The van der Waals surface area contributed by atoms with Gasteiger partial charge in [-0.3, -0.25) is 0 Å². The van der Waals surface area contributed by atoms with E-state index in [0.717, 1.165) is 45.0 Å². The second kappa shape index (κ2) is 5.16. The van der Waals surface area contributed by atoms with Crippen LogP contribution in [0.3, 0.4) is 0 Å². The van der Waals surface area contributed by atoms with Crippen molar-refractivity contribution in [1.82, 2.24) is 10.3 Å². The lowest BCUT2D eigenvalue weighted by Gasteiger charge is -2.33. The van der Waals surface area contributed by atoms with E-state index in [2.05, 4.69) is 17.2 Å². The van der Waals surface area contributed by atoms with Crippen molar-refractivity contribution in [2.24, 2.45) is 5.41 Å². The molecule has 1 spiro atoms. The minimum atomic E-state index is -4.31. The Morgan fingerprint density at radius 2 is 2.05 bits per heavy atom. The molecule has 2 aliphatic heterocycles. The summed E-state index contributed by atoms with van der Waals surface area (Å²) in [6, 6.07) is 2.44. The molecule has 3 heterocycles. The van der Waals surface area contributed by atoms with Gasteiger partial charge in [-0.2, -0.15) is 13.2 Å². The maximum absolute atomic E-state index is 12.8. The Morgan fingerprint density at radius 3 is 2.71 bits per heavy atom. The number of piperidine rings is 1. The van der Waals surface area contributed by atoms with E-state index in [-0.39, 0.29) is 11.5 Å². The number of hydrogen-bond donors (Lipinski definition) is 1. The number of aromatic nitrogens is 1. The molecule has 0 saturated carbocycles. The van der Waals surface area contributed by atoms with Crippen LogP contribution in [0, 0.1) is 5.41 Å². The van der Waals surface area contributed by atoms with E-state index in [0.29, 0.717) is 5.82 Å². The summed E-state index contributed by atoms with van der Waals surface area (Å²) in [7, 11) is 0. The van der Waals surface area contributed by atoms with Crippen molar-refractivity contribution in [3.05, 3.63) is 23.9 Å². The second-order valence-electron chi connectivity index (χ2n) is 6.33. The van der Waals surface area contributed by atoms with Crippen molar-refractivity contribution in [3.63, 3.8) is 0 Å². The summed E-state index contributed by atoms with van der Waals surface area (Å²) in [6.45, 7) is 4.88. The van der Waals surface area contributed by atoms with E-state index in [9.17, 15) is 13.2 Å². The molecule has 1 aromatic rings. The van der Waals surface area contributed by atoms with Crippen LogP contribution in [-0.2, 0) is 6.18 Å². The second-order valence-corrected chi connectivity index (χ2v) is 6.33. The van der Waals surface area contributed by atoms with E-state index >= 15 is 0 Å². The summed E-state index contributed by atoms with van der Waals surface area (Å²) in [5, 5.41) is 3.35. The maximum Gasteiger partial charge on any atom is 0.416 e. The number of alkyl halides is 3. The fourth-order valence-electron chi connectivity index (χ4n) is 3.70. The van der Waals surface area contributed by atoms with E-state index in [1.165, 1.54) is 12.3 Å². The molecular formula is C15H20F3N3. The first kappa shape index (κ1) is 14.6. The molecule has 2 saturated heterocycles. The first-order chi connectivity index (χ1) is 9.90. The molecule has 0 aliphatic carbocycles. The van der Waals surface area contributed by atoms with Gasteiger partial charge in [-0.1, -0.05) is 0 Å². The lowest BCUT2D eigenvalue weighted by molar-refractivity contribution is -0.137. The van der Waals surface area contributed by atoms with Crippen molar-refractivity contribution in [3.8, 4) is 0 Å². The molecule has 0 amide bonds. The third kappa shape index (κ3) is 2.86. The Kier molecular flexibility index (Phi) is 3.59. The van der Waals surface area contributed by atoms with Crippen molar-refractivity contribution < 1.29 is 13.2 Å². The Balaban J connectivity index is 1.84. The monoisotopic (exact) mass is 299 g/mol. The maximum atomic E-state index is 12.8. The third-order valence-electron chi connectivity index (χ3n) is 4.80. The Bertz CT molecular complexity index is 509. The van der Waals surface area contributed by atoms with Gasteiger partial charge in [0.15, 0.2) is 0 Å². The Labute approximate surface area is 122 Å². The van der Waals surface area contributed by atoms with Gasteiger partial charge in [0.05, 0.1) is 5.56 Å². The number of anilines is 1. The minimum Gasteiger partial charge on any atom is -0.353 e. The molecule has 21 heavy (non-hydrogen) atoms. The molecule has 2 fully saturated rings. The van der Waals surface area contributed by atoms with Gasteiger partial charge in [-0.05, 0) is 56.8 Å². The SMILES string of the molecule is CC1CC2(CCNCC2)CN1c1cc(C(F)(F)F)ccn1. The molecule has 116 valence electrons. The average Bonchev–Trinajstić information content (AvgIpc) is 2.75. The normalized spacial score (nSPS) is 25.5. The predicted octanol–water partition coefficient (Wildman–Crippen LogP) is 3.07. The van der Waals surface area contributed by atoms with Crippen LogP contribution >= 0.6 is 0 Å². The van der Waals surface area contributed by atoms with Crippen LogP contribution in [0.1, 0.15) is 31.7 Å². The molecule has 1 aromatic heterocycles. The molecule has 1 unspecified atom stereocenters. The van der Waals surface area contributed by atoms with Gasteiger partial charge in [-0.25, -0.2) is 4.98 Å². The minimum absolute atomic E-state index is 0.235. The Morgan fingerprint density at radius 1 is 1.33 bits per heavy atom. The summed E-state index contributed by atoms with van der Waals surface area (Å²) in [4.78, 5) is 6.22. The number of halogens is 3. The highest BCUT2D eigenvalue weighted by atomic mass is 19.4. The van der Waals surface area contributed by atoms with Crippen molar-refractivity contribution in [2.75, 3.05) is 24.5 Å². The van der Waals surface area contributed by atoms with Crippen LogP contribution in [0.5, 0.6) is 0 Å². The summed E-state index contributed by atoms with van der Waals surface area (Å²) in [6.07, 6.45) is 0.164. The molecule has 0 bridgehead atoms. The molecule has 6 heteroatoms. The van der Waals surface area contributed by atoms with Crippen molar-refractivity contribution in [2.45, 2.75) is 38.4 Å². The third-order valence-corrected chi connectivity index (χ3v) is 4.80. The summed E-state index contributed by atoms with van der Waals surface area (Å²) >= 11 is 0. The smallest absolute Gasteiger partial charge is 0.353 e. The first-order valence-corrected chi connectivity index (χ1v) is 7.40. The number of pyridine rings is 1. The van der Waals surface area contributed by atoms with Crippen LogP contribution in [0.15, 0.2) is 18.3 Å². The van der Waals surface area contributed by atoms with E-state index < -0.39 is 11.7 Å².